The number of aromatic nitrogens is 1. The molecule has 0 amide bonds. The Bertz CT molecular complexity index is 501. The Morgan fingerprint density at radius 2 is 2.28 bits per heavy atom. The molecule has 1 aromatic rings. The monoisotopic (exact) mass is 369 g/mol. The third kappa shape index (κ3) is 2.92. The summed E-state index contributed by atoms with van der Waals surface area (Å²) in [6.45, 7) is 5.32. The molecule has 0 aliphatic heterocycles. The Morgan fingerprint density at radius 1 is 1.56 bits per heavy atom. The highest BCUT2D eigenvalue weighted by Crippen LogP contribution is 2.61. The minimum atomic E-state index is 0.390. The molecular formula is C15H17Br2N. The van der Waals surface area contributed by atoms with Crippen LogP contribution in [0.4, 0.5) is 0 Å². The molecule has 1 nitrogen and oxygen atoms in total. The predicted molar refractivity (Wildman–Crippen MR) is 83.7 cm³/mol. The summed E-state index contributed by atoms with van der Waals surface area (Å²) < 4.78 is 3.12. The van der Waals surface area contributed by atoms with E-state index in [1.807, 2.05) is 0 Å². The van der Waals surface area contributed by atoms with Gasteiger partial charge in [0.25, 0.3) is 0 Å². The lowest BCUT2D eigenvalue weighted by atomic mass is 10.1. The van der Waals surface area contributed by atoms with Crippen LogP contribution >= 0.6 is 31.9 Å². The zero-order valence-corrected chi connectivity index (χ0v) is 13.8. The van der Waals surface area contributed by atoms with Crippen molar-refractivity contribution in [3.8, 4) is 12.3 Å². The summed E-state index contributed by atoms with van der Waals surface area (Å²) in [5.41, 5.74) is 1.77. The van der Waals surface area contributed by atoms with Crippen LogP contribution in [0.25, 0.3) is 0 Å². The predicted octanol–water partition coefficient (Wildman–Crippen LogP) is 4.57. The fourth-order valence-corrected chi connectivity index (χ4v) is 3.28. The van der Waals surface area contributed by atoms with E-state index >= 15 is 0 Å². The third-order valence-electron chi connectivity index (χ3n) is 3.99. The van der Waals surface area contributed by atoms with Crippen LogP contribution in [0.3, 0.4) is 0 Å². The molecule has 2 rings (SSSR count). The van der Waals surface area contributed by atoms with E-state index in [-0.39, 0.29) is 0 Å². The Hall–Kier alpha value is -0.460. The van der Waals surface area contributed by atoms with Crippen molar-refractivity contribution < 1.29 is 0 Å². The van der Waals surface area contributed by atoms with Crippen LogP contribution < -0.4 is 0 Å². The van der Waals surface area contributed by atoms with Gasteiger partial charge in [-0.3, -0.25) is 0 Å². The second-order valence-electron chi connectivity index (χ2n) is 5.51. The summed E-state index contributed by atoms with van der Waals surface area (Å²) >= 11 is 6.91. The van der Waals surface area contributed by atoms with Gasteiger partial charge >= 0.3 is 0 Å². The summed E-state index contributed by atoms with van der Waals surface area (Å²) in [6, 6.07) is 2.18. The van der Waals surface area contributed by atoms with E-state index in [2.05, 4.69) is 80.7 Å². The van der Waals surface area contributed by atoms with E-state index in [4.69, 9.17) is 6.42 Å². The average Bonchev–Trinajstić information content (AvgIpc) is 2.66. The topological polar surface area (TPSA) is 4.93 Å². The molecule has 18 heavy (non-hydrogen) atoms. The number of terminal acetylenes is 1. The van der Waals surface area contributed by atoms with Crippen LogP contribution in [0.15, 0.2) is 27.9 Å². The fourth-order valence-electron chi connectivity index (χ4n) is 2.71. The van der Waals surface area contributed by atoms with E-state index in [1.165, 1.54) is 5.56 Å². The van der Waals surface area contributed by atoms with E-state index in [1.54, 1.807) is 0 Å². The second kappa shape index (κ2) is 5.27. The van der Waals surface area contributed by atoms with Crippen molar-refractivity contribution in [1.29, 1.82) is 0 Å². The largest absolute Gasteiger partial charge is 0.343 e. The Morgan fingerprint density at radius 3 is 2.89 bits per heavy atom. The summed E-state index contributed by atoms with van der Waals surface area (Å²) in [7, 11) is 0. The Kier molecular flexibility index (Phi) is 4.08. The highest BCUT2D eigenvalue weighted by molar-refractivity contribution is 9.28. The van der Waals surface area contributed by atoms with Crippen molar-refractivity contribution in [3.05, 3.63) is 33.5 Å². The van der Waals surface area contributed by atoms with Crippen LogP contribution in [-0.4, -0.2) is 4.57 Å². The highest BCUT2D eigenvalue weighted by Gasteiger charge is 2.55. The molecule has 0 aromatic carbocycles. The number of allylic oxidation sites excluding steroid dienone is 1. The molecule has 0 saturated heterocycles. The first kappa shape index (κ1) is 14.0. The molecule has 3 heteroatoms. The normalized spacial score (nSPS) is 24.4. The summed E-state index contributed by atoms with van der Waals surface area (Å²) in [5.74, 6) is 4.01. The standard InChI is InChI=1S/C15H17Br2N/c1-4-6-18-7-5-11(10-18)8-12-13(9-14(16)17)15(12,2)3/h1,5,7,9-10,12-13H,6,8H2,2-3H3/t12-,13+/m1/s1. The van der Waals surface area contributed by atoms with Crippen molar-refractivity contribution >= 4 is 31.9 Å². The minimum Gasteiger partial charge on any atom is -0.343 e. The molecule has 1 fully saturated rings. The SMILES string of the molecule is C#CCn1ccc(C[C@@H]2[C@H](C=C(Br)Br)C2(C)C)c1. The van der Waals surface area contributed by atoms with Gasteiger partial charge in [-0.05, 0) is 67.2 Å². The molecule has 1 aliphatic rings. The lowest BCUT2D eigenvalue weighted by Gasteiger charge is -2.00. The number of nitrogens with zero attached hydrogens (tertiary/aromatic N) is 1. The van der Waals surface area contributed by atoms with Gasteiger partial charge in [0.05, 0.1) is 9.94 Å². The van der Waals surface area contributed by atoms with Gasteiger partial charge in [0.2, 0.25) is 0 Å². The minimum absolute atomic E-state index is 0.390. The van der Waals surface area contributed by atoms with E-state index in [0.29, 0.717) is 23.8 Å². The zero-order chi connectivity index (χ0) is 13.3. The summed E-state index contributed by atoms with van der Waals surface area (Å²) in [6.07, 6.45) is 12.9. The lowest BCUT2D eigenvalue weighted by molar-refractivity contribution is 0.549. The lowest BCUT2D eigenvalue weighted by Crippen LogP contribution is -1.94. The molecule has 0 radical (unpaired) electrons. The van der Waals surface area contributed by atoms with Crippen molar-refractivity contribution in [3.63, 3.8) is 0 Å². The van der Waals surface area contributed by atoms with Gasteiger partial charge in [0.1, 0.15) is 0 Å². The molecular weight excluding hydrogens is 354 g/mol. The molecule has 0 unspecified atom stereocenters. The van der Waals surface area contributed by atoms with Crippen molar-refractivity contribution in [1.82, 2.24) is 4.57 Å². The molecule has 1 aromatic heterocycles. The van der Waals surface area contributed by atoms with Gasteiger partial charge in [-0.15, -0.1) is 6.42 Å². The molecule has 1 heterocycles. The molecule has 1 aliphatic carbocycles. The average molecular weight is 371 g/mol. The second-order valence-corrected chi connectivity index (χ2v) is 8.28. The Balaban J connectivity index is 2.02. The van der Waals surface area contributed by atoms with Crippen molar-refractivity contribution in [2.24, 2.45) is 17.3 Å². The van der Waals surface area contributed by atoms with Crippen LogP contribution in [0.2, 0.25) is 0 Å². The molecule has 0 bridgehead atoms. The van der Waals surface area contributed by atoms with Gasteiger partial charge in [0.15, 0.2) is 0 Å². The highest BCUT2D eigenvalue weighted by atomic mass is 79.9. The smallest absolute Gasteiger partial charge is 0.0829 e. The van der Waals surface area contributed by atoms with Gasteiger partial charge < -0.3 is 4.57 Å². The number of halogens is 2. The first-order valence-electron chi connectivity index (χ1n) is 6.06. The number of hydrogen-bond acceptors (Lipinski definition) is 0. The molecule has 0 spiro atoms. The Labute approximate surface area is 126 Å². The number of rotatable bonds is 4. The van der Waals surface area contributed by atoms with E-state index < -0.39 is 0 Å². The maximum atomic E-state index is 5.31. The molecule has 0 N–H and O–H groups in total. The van der Waals surface area contributed by atoms with Gasteiger partial charge in [0, 0.05) is 12.4 Å². The molecule has 96 valence electrons. The van der Waals surface area contributed by atoms with Crippen LogP contribution in [0.1, 0.15) is 19.4 Å². The van der Waals surface area contributed by atoms with Crippen LogP contribution in [-0.2, 0) is 13.0 Å². The number of hydrogen-bond donors (Lipinski definition) is 0. The molecule has 1 saturated carbocycles. The zero-order valence-electron chi connectivity index (χ0n) is 10.7. The first-order valence-corrected chi connectivity index (χ1v) is 7.64. The first-order chi connectivity index (χ1) is 8.45. The molecule has 2 atom stereocenters. The van der Waals surface area contributed by atoms with E-state index in [0.717, 1.165) is 9.81 Å². The quantitative estimate of drug-likeness (QED) is 0.684. The van der Waals surface area contributed by atoms with Crippen LogP contribution in [0.5, 0.6) is 0 Å². The van der Waals surface area contributed by atoms with Gasteiger partial charge in [-0.2, -0.15) is 0 Å². The summed E-state index contributed by atoms with van der Waals surface area (Å²) in [4.78, 5) is 0. The maximum Gasteiger partial charge on any atom is 0.0829 e. The van der Waals surface area contributed by atoms with Crippen molar-refractivity contribution in [2.75, 3.05) is 0 Å². The van der Waals surface area contributed by atoms with E-state index in [9.17, 15) is 0 Å². The summed E-state index contributed by atoms with van der Waals surface area (Å²) in [5, 5.41) is 0. The van der Waals surface area contributed by atoms with Gasteiger partial charge in [-0.1, -0.05) is 25.8 Å². The fraction of sp³-hybridized carbons (Fsp3) is 0.467. The van der Waals surface area contributed by atoms with Gasteiger partial charge in [-0.25, -0.2) is 0 Å². The third-order valence-corrected chi connectivity index (χ3v) is 4.51. The van der Waals surface area contributed by atoms with Crippen LogP contribution in [0, 0.1) is 29.6 Å². The van der Waals surface area contributed by atoms with Crippen molar-refractivity contribution in [2.45, 2.75) is 26.8 Å². The maximum absolute atomic E-state index is 5.31.